The normalized spacial score (nSPS) is 11.4. The summed E-state index contributed by atoms with van der Waals surface area (Å²) in [5, 5.41) is 14.3. The van der Waals surface area contributed by atoms with Crippen molar-refractivity contribution >= 4 is 23.0 Å². The third kappa shape index (κ3) is 4.48. The zero-order chi connectivity index (χ0) is 19.4. The van der Waals surface area contributed by atoms with Crippen molar-refractivity contribution in [2.45, 2.75) is 20.4 Å². The molecule has 0 unspecified atom stereocenters. The molecule has 0 bridgehead atoms. The lowest BCUT2D eigenvalue weighted by Gasteiger charge is -2.04. The first-order valence-corrected chi connectivity index (χ1v) is 9.01. The molecule has 0 spiro atoms. The molecule has 3 rings (SSSR count). The van der Waals surface area contributed by atoms with Crippen LogP contribution >= 0.6 is 11.3 Å². The molecule has 1 amide bonds. The number of carbonyl (C=O) groups excluding carboxylic acids is 1. The van der Waals surface area contributed by atoms with E-state index >= 15 is 0 Å². The summed E-state index contributed by atoms with van der Waals surface area (Å²) in [7, 11) is 0. The van der Waals surface area contributed by atoms with E-state index in [1.54, 1.807) is 49.5 Å². The Hall–Kier alpha value is -3.26. The summed E-state index contributed by atoms with van der Waals surface area (Å²) in [6, 6.07) is 11.5. The maximum Gasteiger partial charge on any atom is 0.260 e. The predicted octanol–water partition coefficient (Wildman–Crippen LogP) is 2.53. The van der Waals surface area contributed by atoms with Crippen LogP contribution in [0.4, 0.5) is 0 Å². The summed E-state index contributed by atoms with van der Waals surface area (Å²) in [6.45, 7) is 3.56. The standard InChI is InChI=1S/C19H18N4O3S/c1-12-18(27-19(20-12)14-6-8-15(24)9-7-14)13(2)21-22-16(25)11-23-10-4-3-5-17(23)26/h3-10,24H,11H2,1-2H3,(H,22,25)/b21-13+. The number of aromatic hydroxyl groups is 1. The van der Waals surface area contributed by atoms with Gasteiger partial charge in [-0.15, -0.1) is 11.3 Å². The van der Waals surface area contributed by atoms with Gasteiger partial charge in [0.05, 0.1) is 16.3 Å². The minimum absolute atomic E-state index is 0.100. The van der Waals surface area contributed by atoms with Crippen molar-refractivity contribution in [1.29, 1.82) is 0 Å². The lowest BCUT2D eigenvalue weighted by Crippen LogP contribution is -2.29. The van der Waals surface area contributed by atoms with E-state index in [-0.39, 0.29) is 23.8 Å². The van der Waals surface area contributed by atoms with Gasteiger partial charge in [0.15, 0.2) is 0 Å². The van der Waals surface area contributed by atoms with Crippen LogP contribution in [0.3, 0.4) is 0 Å². The molecule has 0 fully saturated rings. The van der Waals surface area contributed by atoms with Gasteiger partial charge in [-0.3, -0.25) is 9.59 Å². The zero-order valence-corrected chi connectivity index (χ0v) is 15.7. The van der Waals surface area contributed by atoms with E-state index in [9.17, 15) is 14.7 Å². The topological polar surface area (TPSA) is 96.6 Å². The molecule has 1 aromatic carbocycles. The van der Waals surface area contributed by atoms with Gasteiger partial charge in [-0.05, 0) is 44.2 Å². The Labute approximate surface area is 159 Å². The molecule has 0 aliphatic rings. The van der Waals surface area contributed by atoms with E-state index in [1.807, 2.05) is 6.92 Å². The lowest BCUT2D eigenvalue weighted by atomic mass is 10.2. The smallest absolute Gasteiger partial charge is 0.260 e. The molecule has 3 aromatic rings. The number of hydrogen-bond donors (Lipinski definition) is 2. The highest BCUT2D eigenvalue weighted by molar-refractivity contribution is 7.17. The van der Waals surface area contributed by atoms with Crippen LogP contribution in [0.2, 0.25) is 0 Å². The minimum atomic E-state index is -0.386. The number of nitrogens with zero attached hydrogens (tertiary/aromatic N) is 3. The fourth-order valence-corrected chi connectivity index (χ4v) is 3.45. The van der Waals surface area contributed by atoms with E-state index in [4.69, 9.17) is 0 Å². The number of hydrazone groups is 1. The number of aryl methyl sites for hydroxylation is 1. The number of thiazole rings is 1. The second kappa shape index (κ2) is 7.96. The summed E-state index contributed by atoms with van der Waals surface area (Å²) in [6.07, 6.45) is 1.55. The highest BCUT2D eigenvalue weighted by Crippen LogP contribution is 2.29. The first-order valence-electron chi connectivity index (χ1n) is 8.20. The van der Waals surface area contributed by atoms with Crippen molar-refractivity contribution in [3.8, 4) is 16.3 Å². The Kier molecular flexibility index (Phi) is 5.46. The Bertz CT molecular complexity index is 1050. The number of phenolic OH excluding ortho intramolecular Hbond substituents is 1. The molecule has 0 saturated heterocycles. The van der Waals surface area contributed by atoms with Crippen molar-refractivity contribution in [2.75, 3.05) is 0 Å². The highest BCUT2D eigenvalue weighted by Gasteiger charge is 2.12. The fourth-order valence-electron chi connectivity index (χ4n) is 2.44. The van der Waals surface area contributed by atoms with E-state index in [0.29, 0.717) is 5.71 Å². The molecule has 2 heterocycles. The quantitative estimate of drug-likeness (QED) is 0.523. The molecule has 0 saturated carbocycles. The first kappa shape index (κ1) is 18.5. The van der Waals surface area contributed by atoms with Crippen molar-refractivity contribution in [3.05, 3.63) is 69.6 Å². The van der Waals surface area contributed by atoms with Gasteiger partial charge in [-0.1, -0.05) is 6.07 Å². The molecule has 27 heavy (non-hydrogen) atoms. The number of pyridine rings is 1. The molecule has 8 heteroatoms. The lowest BCUT2D eigenvalue weighted by molar-refractivity contribution is -0.121. The molecule has 0 atom stereocenters. The maximum absolute atomic E-state index is 12.0. The van der Waals surface area contributed by atoms with Gasteiger partial charge in [0, 0.05) is 17.8 Å². The van der Waals surface area contributed by atoms with Crippen molar-refractivity contribution in [2.24, 2.45) is 5.10 Å². The molecule has 138 valence electrons. The molecule has 2 N–H and O–H groups in total. The zero-order valence-electron chi connectivity index (χ0n) is 14.8. The van der Waals surface area contributed by atoms with Crippen molar-refractivity contribution in [3.63, 3.8) is 0 Å². The summed E-state index contributed by atoms with van der Waals surface area (Å²) < 4.78 is 1.31. The molecule has 0 radical (unpaired) electrons. The molecular formula is C19H18N4O3S. The van der Waals surface area contributed by atoms with Gasteiger partial charge in [0.25, 0.3) is 11.5 Å². The van der Waals surface area contributed by atoms with Gasteiger partial charge < -0.3 is 9.67 Å². The Morgan fingerprint density at radius 3 is 2.70 bits per heavy atom. The summed E-state index contributed by atoms with van der Waals surface area (Å²) >= 11 is 1.45. The number of phenols is 1. The van der Waals surface area contributed by atoms with Gasteiger partial charge in [0.2, 0.25) is 0 Å². The second-order valence-electron chi connectivity index (χ2n) is 5.88. The number of aromatic nitrogens is 2. The van der Waals surface area contributed by atoms with Crippen LogP contribution in [-0.2, 0) is 11.3 Å². The fraction of sp³-hybridized carbons (Fsp3) is 0.158. The third-order valence-corrected chi connectivity index (χ3v) is 5.12. The number of rotatable bonds is 5. The van der Waals surface area contributed by atoms with E-state index in [0.717, 1.165) is 21.1 Å². The van der Waals surface area contributed by atoms with Crippen LogP contribution in [0.1, 0.15) is 17.5 Å². The van der Waals surface area contributed by atoms with Crippen LogP contribution < -0.4 is 11.0 Å². The number of nitrogens with one attached hydrogen (secondary N) is 1. The molecule has 0 aliphatic heterocycles. The second-order valence-corrected chi connectivity index (χ2v) is 6.88. The average molecular weight is 382 g/mol. The van der Waals surface area contributed by atoms with Crippen LogP contribution in [0, 0.1) is 6.92 Å². The number of hydrogen-bond acceptors (Lipinski definition) is 6. The Morgan fingerprint density at radius 1 is 1.26 bits per heavy atom. The summed E-state index contributed by atoms with van der Waals surface area (Å²) in [5.74, 6) is -0.186. The average Bonchev–Trinajstić information content (AvgIpc) is 3.04. The molecule has 7 nitrogen and oxygen atoms in total. The minimum Gasteiger partial charge on any atom is -0.508 e. The maximum atomic E-state index is 12.0. The van der Waals surface area contributed by atoms with Crippen molar-refractivity contribution < 1.29 is 9.90 Å². The monoisotopic (exact) mass is 382 g/mol. The van der Waals surface area contributed by atoms with Gasteiger partial charge >= 0.3 is 0 Å². The van der Waals surface area contributed by atoms with Crippen LogP contribution in [0.25, 0.3) is 10.6 Å². The van der Waals surface area contributed by atoms with Crippen LogP contribution in [0.5, 0.6) is 5.75 Å². The van der Waals surface area contributed by atoms with Crippen molar-refractivity contribution in [1.82, 2.24) is 15.0 Å². The largest absolute Gasteiger partial charge is 0.508 e. The first-order chi connectivity index (χ1) is 12.9. The molecule has 2 aromatic heterocycles. The van der Waals surface area contributed by atoms with Gasteiger partial charge in [-0.25, -0.2) is 10.4 Å². The van der Waals surface area contributed by atoms with E-state index < -0.39 is 0 Å². The van der Waals surface area contributed by atoms with E-state index in [1.165, 1.54) is 22.0 Å². The number of carbonyl (C=O) groups is 1. The Balaban J connectivity index is 1.72. The van der Waals surface area contributed by atoms with Crippen LogP contribution in [0.15, 0.2) is 58.6 Å². The predicted molar refractivity (Wildman–Crippen MR) is 105 cm³/mol. The van der Waals surface area contributed by atoms with Gasteiger partial charge in [-0.2, -0.15) is 5.10 Å². The summed E-state index contributed by atoms with van der Waals surface area (Å²) in [4.78, 5) is 29.1. The SMILES string of the molecule is C/C(=N\NC(=O)Cn1ccccc1=O)c1sc(-c2ccc(O)cc2)nc1C. The number of benzene rings is 1. The van der Waals surface area contributed by atoms with Gasteiger partial charge in [0.1, 0.15) is 17.3 Å². The number of amides is 1. The Morgan fingerprint density at radius 2 is 2.00 bits per heavy atom. The summed E-state index contributed by atoms with van der Waals surface area (Å²) in [5.41, 5.74) is 4.56. The molecular weight excluding hydrogens is 364 g/mol. The molecule has 0 aliphatic carbocycles. The highest BCUT2D eigenvalue weighted by atomic mass is 32.1. The third-order valence-electron chi connectivity index (χ3n) is 3.80. The van der Waals surface area contributed by atoms with Crippen LogP contribution in [-0.4, -0.2) is 26.3 Å². The van der Waals surface area contributed by atoms with E-state index in [2.05, 4.69) is 15.5 Å².